The van der Waals surface area contributed by atoms with Gasteiger partial charge in [0, 0.05) is 30.1 Å². The molecule has 6 heteroatoms. The van der Waals surface area contributed by atoms with Crippen molar-refractivity contribution >= 4 is 29.3 Å². The van der Waals surface area contributed by atoms with Crippen molar-refractivity contribution in [3.8, 4) is 0 Å². The molecule has 0 aliphatic carbocycles. The van der Waals surface area contributed by atoms with E-state index in [2.05, 4.69) is 0 Å². The second kappa shape index (κ2) is 7.95. The number of carbonyl (C=O) groups is 2. The number of aliphatic carboxylic acids is 1. The summed E-state index contributed by atoms with van der Waals surface area (Å²) < 4.78 is 0. The zero-order valence-corrected chi connectivity index (χ0v) is 13.3. The van der Waals surface area contributed by atoms with Gasteiger partial charge >= 0.3 is 5.97 Å². The van der Waals surface area contributed by atoms with E-state index in [0.29, 0.717) is 17.8 Å². The van der Waals surface area contributed by atoms with Crippen molar-refractivity contribution < 1.29 is 19.8 Å². The van der Waals surface area contributed by atoms with E-state index in [4.69, 9.17) is 10.2 Å². The third-order valence-corrected chi connectivity index (χ3v) is 4.18. The predicted molar refractivity (Wildman–Crippen MR) is 83.6 cm³/mol. The SMILES string of the molecule is Cc1cc(C(=O)N(CCCO)C(C)C)sc1/C=C/C(=O)O. The quantitative estimate of drug-likeness (QED) is 0.758. The summed E-state index contributed by atoms with van der Waals surface area (Å²) in [6.45, 7) is 6.26. The molecule has 0 unspecified atom stereocenters. The summed E-state index contributed by atoms with van der Waals surface area (Å²) in [6, 6.07) is 1.83. The maximum atomic E-state index is 12.5. The van der Waals surface area contributed by atoms with Gasteiger partial charge in [-0.15, -0.1) is 11.3 Å². The van der Waals surface area contributed by atoms with Gasteiger partial charge in [0.25, 0.3) is 5.91 Å². The monoisotopic (exact) mass is 311 g/mol. The van der Waals surface area contributed by atoms with Crippen LogP contribution in [-0.2, 0) is 4.79 Å². The molecule has 1 aromatic heterocycles. The third-order valence-electron chi connectivity index (χ3n) is 2.99. The molecule has 0 saturated carbocycles. The van der Waals surface area contributed by atoms with E-state index in [1.165, 1.54) is 17.4 Å². The number of nitrogens with zero attached hydrogens (tertiary/aromatic N) is 1. The Morgan fingerprint density at radius 1 is 1.43 bits per heavy atom. The lowest BCUT2D eigenvalue weighted by molar-refractivity contribution is -0.131. The first-order valence-corrected chi connectivity index (χ1v) is 7.61. The Bertz CT molecular complexity index is 534. The third kappa shape index (κ3) is 4.99. The Labute approximate surface area is 128 Å². The minimum Gasteiger partial charge on any atom is -0.478 e. The van der Waals surface area contributed by atoms with Gasteiger partial charge in [-0.25, -0.2) is 4.79 Å². The molecule has 0 saturated heterocycles. The van der Waals surface area contributed by atoms with Gasteiger partial charge in [-0.05, 0) is 44.9 Å². The molecular formula is C15H21NO4S. The number of aryl methyl sites for hydroxylation is 1. The fourth-order valence-electron chi connectivity index (χ4n) is 1.89. The zero-order chi connectivity index (χ0) is 16.0. The molecular weight excluding hydrogens is 290 g/mol. The molecule has 0 radical (unpaired) electrons. The van der Waals surface area contributed by atoms with E-state index in [9.17, 15) is 9.59 Å². The van der Waals surface area contributed by atoms with Crippen LogP contribution in [0.1, 0.15) is 40.4 Å². The molecule has 0 spiro atoms. The fraction of sp³-hybridized carbons (Fsp3) is 0.467. The molecule has 1 aromatic rings. The first-order chi connectivity index (χ1) is 9.86. The van der Waals surface area contributed by atoms with Crippen LogP contribution in [0.3, 0.4) is 0 Å². The molecule has 5 nitrogen and oxygen atoms in total. The Balaban J connectivity index is 2.95. The second-order valence-electron chi connectivity index (χ2n) is 5.00. The molecule has 0 bridgehead atoms. The van der Waals surface area contributed by atoms with Gasteiger partial charge in [0.05, 0.1) is 4.88 Å². The van der Waals surface area contributed by atoms with E-state index in [-0.39, 0.29) is 18.6 Å². The number of thiophene rings is 1. The highest BCUT2D eigenvalue weighted by molar-refractivity contribution is 7.15. The molecule has 0 atom stereocenters. The van der Waals surface area contributed by atoms with Crippen LogP contribution in [0.5, 0.6) is 0 Å². The van der Waals surface area contributed by atoms with Gasteiger partial charge in [0.1, 0.15) is 0 Å². The Morgan fingerprint density at radius 3 is 2.62 bits per heavy atom. The number of amides is 1. The summed E-state index contributed by atoms with van der Waals surface area (Å²) in [5, 5.41) is 17.6. The Morgan fingerprint density at radius 2 is 2.10 bits per heavy atom. The lowest BCUT2D eigenvalue weighted by Crippen LogP contribution is -2.37. The van der Waals surface area contributed by atoms with E-state index >= 15 is 0 Å². The van der Waals surface area contributed by atoms with Crippen molar-refractivity contribution in [2.75, 3.05) is 13.2 Å². The number of aliphatic hydroxyl groups excluding tert-OH is 1. The van der Waals surface area contributed by atoms with E-state index in [1.54, 1.807) is 11.0 Å². The molecule has 0 fully saturated rings. The topological polar surface area (TPSA) is 77.8 Å². The number of carboxylic acids is 1. The lowest BCUT2D eigenvalue weighted by atomic mass is 10.2. The number of hydrogen-bond donors (Lipinski definition) is 2. The summed E-state index contributed by atoms with van der Waals surface area (Å²) >= 11 is 1.28. The smallest absolute Gasteiger partial charge is 0.328 e. The number of hydrogen-bond acceptors (Lipinski definition) is 4. The average molecular weight is 311 g/mol. The molecule has 0 aliphatic heterocycles. The van der Waals surface area contributed by atoms with Crippen LogP contribution in [0.2, 0.25) is 0 Å². The van der Waals surface area contributed by atoms with Gasteiger partial charge in [-0.1, -0.05) is 0 Å². The first-order valence-electron chi connectivity index (χ1n) is 6.80. The summed E-state index contributed by atoms with van der Waals surface area (Å²) in [4.78, 5) is 26.1. The van der Waals surface area contributed by atoms with Gasteiger partial charge in [-0.2, -0.15) is 0 Å². The van der Waals surface area contributed by atoms with E-state index in [0.717, 1.165) is 16.5 Å². The molecule has 2 N–H and O–H groups in total. The number of carboxylic acid groups (broad SMARTS) is 1. The summed E-state index contributed by atoms with van der Waals surface area (Å²) in [6.07, 6.45) is 3.12. The van der Waals surface area contributed by atoms with Crippen LogP contribution in [-0.4, -0.2) is 46.2 Å². The van der Waals surface area contributed by atoms with Crippen LogP contribution >= 0.6 is 11.3 Å². The van der Waals surface area contributed by atoms with Crippen molar-refractivity contribution in [1.82, 2.24) is 4.90 Å². The maximum Gasteiger partial charge on any atom is 0.328 e. The van der Waals surface area contributed by atoms with Crippen molar-refractivity contribution in [1.29, 1.82) is 0 Å². The summed E-state index contributed by atoms with van der Waals surface area (Å²) in [7, 11) is 0. The average Bonchev–Trinajstić information content (AvgIpc) is 2.77. The van der Waals surface area contributed by atoms with Gasteiger partial charge in [0.2, 0.25) is 0 Å². The summed E-state index contributed by atoms with van der Waals surface area (Å²) in [5.41, 5.74) is 0.881. The lowest BCUT2D eigenvalue weighted by Gasteiger charge is -2.26. The van der Waals surface area contributed by atoms with Gasteiger partial charge in [-0.3, -0.25) is 4.79 Å². The van der Waals surface area contributed by atoms with E-state index in [1.807, 2.05) is 20.8 Å². The largest absolute Gasteiger partial charge is 0.478 e. The Hall–Kier alpha value is -1.66. The van der Waals surface area contributed by atoms with Crippen LogP contribution in [0.25, 0.3) is 6.08 Å². The zero-order valence-electron chi connectivity index (χ0n) is 12.5. The molecule has 116 valence electrons. The number of carbonyl (C=O) groups excluding carboxylic acids is 1. The number of aliphatic hydroxyl groups is 1. The van der Waals surface area contributed by atoms with Gasteiger partial charge < -0.3 is 15.1 Å². The normalized spacial score (nSPS) is 11.3. The van der Waals surface area contributed by atoms with Crippen molar-refractivity contribution in [3.05, 3.63) is 27.5 Å². The van der Waals surface area contributed by atoms with Crippen LogP contribution < -0.4 is 0 Å². The molecule has 1 rings (SSSR count). The molecule has 1 amide bonds. The highest BCUT2D eigenvalue weighted by Crippen LogP contribution is 2.25. The second-order valence-corrected chi connectivity index (χ2v) is 6.08. The van der Waals surface area contributed by atoms with Crippen molar-refractivity contribution in [2.45, 2.75) is 33.2 Å². The first kappa shape index (κ1) is 17.4. The van der Waals surface area contributed by atoms with Crippen LogP contribution in [0.4, 0.5) is 0 Å². The molecule has 21 heavy (non-hydrogen) atoms. The standard InChI is InChI=1S/C15H21NO4S/c1-10(2)16(7-4-8-17)15(20)13-9-11(3)12(21-13)5-6-14(18)19/h5-6,9-10,17H,4,7-8H2,1-3H3,(H,18,19)/b6-5+. The highest BCUT2D eigenvalue weighted by Gasteiger charge is 2.20. The fourth-order valence-corrected chi connectivity index (χ4v) is 2.92. The maximum absolute atomic E-state index is 12.5. The van der Waals surface area contributed by atoms with E-state index < -0.39 is 5.97 Å². The predicted octanol–water partition coefficient (Wildman–Crippen LogP) is 2.39. The molecule has 0 aromatic carbocycles. The number of rotatable bonds is 7. The molecule has 0 aliphatic rings. The minimum absolute atomic E-state index is 0.0458. The van der Waals surface area contributed by atoms with Crippen molar-refractivity contribution in [3.63, 3.8) is 0 Å². The highest BCUT2D eigenvalue weighted by atomic mass is 32.1. The Kier molecular flexibility index (Phi) is 6.58. The van der Waals surface area contributed by atoms with Gasteiger partial charge in [0.15, 0.2) is 0 Å². The minimum atomic E-state index is -1.01. The van der Waals surface area contributed by atoms with Crippen LogP contribution in [0.15, 0.2) is 12.1 Å². The molecule has 1 heterocycles. The van der Waals surface area contributed by atoms with Crippen LogP contribution in [0, 0.1) is 6.92 Å². The van der Waals surface area contributed by atoms with Crippen molar-refractivity contribution in [2.24, 2.45) is 0 Å². The summed E-state index contributed by atoms with van der Waals surface area (Å²) in [5.74, 6) is -1.09.